The second-order valence-corrected chi connectivity index (χ2v) is 7.28. The number of hydrogen-bond acceptors (Lipinski definition) is 4. The van der Waals surface area contributed by atoms with Crippen LogP contribution in [0.5, 0.6) is 11.5 Å². The van der Waals surface area contributed by atoms with Crippen LogP contribution < -0.4 is 14.8 Å². The average Bonchev–Trinajstić information content (AvgIpc) is 3.22. The summed E-state index contributed by atoms with van der Waals surface area (Å²) in [5.74, 6) is 0.731. The van der Waals surface area contributed by atoms with E-state index in [0.29, 0.717) is 56.5 Å². The van der Waals surface area contributed by atoms with Crippen LogP contribution >= 0.6 is 0 Å². The predicted molar refractivity (Wildman–Crippen MR) is 96.9 cm³/mol. The number of benzene rings is 1. The SMILES string of the molecule is O=C(Nc1ccc2c(c1)OCCO2)N1CCCC(F)(C(=O)N2CCCC2)C1. The molecule has 0 aliphatic carbocycles. The molecule has 2 fully saturated rings. The summed E-state index contributed by atoms with van der Waals surface area (Å²) in [5, 5.41) is 2.77. The van der Waals surface area contributed by atoms with Crippen LogP contribution in [0.25, 0.3) is 0 Å². The van der Waals surface area contributed by atoms with Crippen molar-refractivity contribution in [1.82, 2.24) is 9.80 Å². The molecule has 3 aliphatic heterocycles. The first kappa shape index (κ1) is 17.9. The van der Waals surface area contributed by atoms with E-state index in [1.54, 1.807) is 23.1 Å². The van der Waals surface area contributed by atoms with Crippen molar-refractivity contribution in [2.75, 3.05) is 44.7 Å². The van der Waals surface area contributed by atoms with Crippen LogP contribution in [-0.4, -0.2) is 66.8 Å². The van der Waals surface area contributed by atoms with Crippen LogP contribution in [0.2, 0.25) is 0 Å². The molecule has 3 aliphatic rings. The first-order valence-electron chi connectivity index (χ1n) is 9.49. The van der Waals surface area contributed by atoms with Crippen molar-refractivity contribution in [3.05, 3.63) is 18.2 Å². The third kappa shape index (κ3) is 3.65. The van der Waals surface area contributed by atoms with Gasteiger partial charge in [-0.1, -0.05) is 0 Å². The van der Waals surface area contributed by atoms with Gasteiger partial charge in [-0.05, 0) is 37.8 Å². The molecule has 27 heavy (non-hydrogen) atoms. The van der Waals surface area contributed by atoms with Crippen molar-refractivity contribution in [2.24, 2.45) is 0 Å². The molecule has 7 nitrogen and oxygen atoms in total. The van der Waals surface area contributed by atoms with Gasteiger partial charge in [0.1, 0.15) is 13.2 Å². The van der Waals surface area contributed by atoms with Gasteiger partial charge in [0, 0.05) is 31.4 Å². The van der Waals surface area contributed by atoms with Gasteiger partial charge in [-0.25, -0.2) is 9.18 Å². The Balaban J connectivity index is 1.42. The molecular formula is C19H24FN3O4. The quantitative estimate of drug-likeness (QED) is 0.859. The highest BCUT2D eigenvalue weighted by atomic mass is 19.1. The van der Waals surface area contributed by atoms with Gasteiger partial charge in [-0.3, -0.25) is 4.79 Å². The highest BCUT2D eigenvalue weighted by molar-refractivity contribution is 5.91. The Kier molecular flexibility index (Phi) is 4.80. The minimum atomic E-state index is -1.99. The lowest BCUT2D eigenvalue weighted by molar-refractivity contribution is -0.145. The summed E-state index contributed by atoms with van der Waals surface area (Å²) in [4.78, 5) is 28.2. The maximum atomic E-state index is 15.3. The normalized spacial score (nSPS) is 24.6. The number of piperidine rings is 1. The van der Waals surface area contributed by atoms with Crippen molar-refractivity contribution in [2.45, 2.75) is 31.4 Å². The summed E-state index contributed by atoms with van der Waals surface area (Å²) in [6.45, 7) is 2.38. The zero-order valence-corrected chi connectivity index (χ0v) is 15.2. The Morgan fingerprint density at radius 2 is 1.70 bits per heavy atom. The van der Waals surface area contributed by atoms with E-state index >= 15 is 4.39 Å². The van der Waals surface area contributed by atoms with E-state index in [-0.39, 0.29) is 13.0 Å². The van der Waals surface area contributed by atoms with Gasteiger partial charge < -0.3 is 24.6 Å². The number of ether oxygens (including phenoxy) is 2. The summed E-state index contributed by atoms with van der Waals surface area (Å²) in [7, 11) is 0. The zero-order chi connectivity index (χ0) is 18.9. The second-order valence-electron chi connectivity index (χ2n) is 7.28. The third-order valence-electron chi connectivity index (χ3n) is 5.30. The van der Waals surface area contributed by atoms with Gasteiger partial charge in [0.15, 0.2) is 11.5 Å². The van der Waals surface area contributed by atoms with Crippen LogP contribution in [0.1, 0.15) is 25.7 Å². The lowest BCUT2D eigenvalue weighted by Crippen LogP contribution is -2.56. The van der Waals surface area contributed by atoms with Gasteiger partial charge in [0.25, 0.3) is 5.91 Å². The number of anilines is 1. The van der Waals surface area contributed by atoms with Gasteiger partial charge in [0.2, 0.25) is 5.67 Å². The number of hydrogen-bond donors (Lipinski definition) is 1. The Hall–Kier alpha value is -2.51. The number of halogens is 1. The molecule has 3 heterocycles. The molecule has 0 spiro atoms. The summed E-state index contributed by atoms with van der Waals surface area (Å²) in [6.07, 6.45) is 2.45. The van der Waals surface area contributed by atoms with E-state index < -0.39 is 17.6 Å². The molecule has 4 rings (SSSR count). The monoisotopic (exact) mass is 377 g/mol. The molecule has 0 aromatic heterocycles. The van der Waals surface area contributed by atoms with E-state index in [2.05, 4.69) is 5.32 Å². The van der Waals surface area contributed by atoms with Crippen molar-refractivity contribution < 1.29 is 23.5 Å². The molecule has 146 valence electrons. The van der Waals surface area contributed by atoms with Crippen LogP contribution in [0.15, 0.2) is 18.2 Å². The molecule has 3 amide bonds. The minimum absolute atomic E-state index is 0.163. The Morgan fingerprint density at radius 3 is 2.48 bits per heavy atom. The molecule has 2 saturated heterocycles. The van der Waals surface area contributed by atoms with Crippen LogP contribution in [0.4, 0.5) is 14.9 Å². The van der Waals surface area contributed by atoms with Gasteiger partial charge >= 0.3 is 6.03 Å². The largest absolute Gasteiger partial charge is 0.486 e. The van der Waals surface area contributed by atoms with Gasteiger partial charge in [0.05, 0.1) is 6.54 Å². The number of amides is 3. The van der Waals surface area contributed by atoms with Gasteiger partial charge in [-0.2, -0.15) is 0 Å². The topological polar surface area (TPSA) is 71.1 Å². The lowest BCUT2D eigenvalue weighted by atomic mass is 9.93. The number of fused-ring (bicyclic) bond motifs is 1. The number of carbonyl (C=O) groups is 2. The average molecular weight is 377 g/mol. The molecule has 0 saturated carbocycles. The Labute approximate surface area is 157 Å². The summed E-state index contributed by atoms with van der Waals surface area (Å²) >= 11 is 0. The van der Waals surface area contributed by atoms with Crippen LogP contribution in [0, 0.1) is 0 Å². The Bertz CT molecular complexity index is 738. The molecule has 8 heteroatoms. The molecule has 1 aromatic rings. The fourth-order valence-corrected chi connectivity index (χ4v) is 3.89. The maximum absolute atomic E-state index is 15.3. The molecule has 1 atom stereocenters. The molecule has 1 N–H and O–H groups in total. The highest BCUT2D eigenvalue weighted by Crippen LogP contribution is 2.33. The Morgan fingerprint density at radius 1 is 1.00 bits per heavy atom. The molecule has 1 aromatic carbocycles. The number of urea groups is 1. The van der Waals surface area contributed by atoms with Crippen molar-refractivity contribution in [1.29, 1.82) is 0 Å². The van der Waals surface area contributed by atoms with Crippen LogP contribution in [-0.2, 0) is 4.79 Å². The second kappa shape index (κ2) is 7.25. The van der Waals surface area contributed by atoms with Crippen LogP contribution in [0.3, 0.4) is 0 Å². The molecule has 0 radical (unpaired) electrons. The zero-order valence-electron chi connectivity index (χ0n) is 15.2. The van der Waals surface area contributed by atoms with Crippen molar-refractivity contribution >= 4 is 17.6 Å². The lowest BCUT2D eigenvalue weighted by Gasteiger charge is -2.38. The van der Waals surface area contributed by atoms with E-state index in [4.69, 9.17) is 9.47 Å². The number of alkyl halides is 1. The maximum Gasteiger partial charge on any atom is 0.321 e. The summed E-state index contributed by atoms with van der Waals surface area (Å²) in [5.41, 5.74) is -1.45. The van der Waals surface area contributed by atoms with E-state index in [0.717, 1.165) is 12.8 Å². The van der Waals surface area contributed by atoms with E-state index in [1.807, 2.05) is 0 Å². The fraction of sp³-hybridized carbons (Fsp3) is 0.579. The first-order chi connectivity index (χ1) is 13.0. The van der Waals surface area contributed by atoms with Crippen molar-refractivity contribution in [3.63, 3.8) is 0 Å². The predicted octanol–water partition coefficient (Wildman–Crippen LogP) is 2.42. The third-order valence-corrected chi connectivity index (χ3v) is 5.30. The number of nitrogens with one attached hydrogen (secondary N) is 1. The number of likely N-dealkylation sites (tertiary alicyclic amines) is 2. The van der Waals surface area contributed by atoms with Crippen molar-refractivity contribution in [3.8, 4) is 11.5 Å². The summed E-state index contributed by atoms with van der Waals surface area (Å²) in [6, 6.07) is 4.72. The smallest absolute Gasteiger partial charge is 0.321 e. The number of nitrogens with zero attached hydrogens (tertiary/aromatic N) is 2. The molecule has 0 bridgehead atoms. The fourth-order valence-electron chi connectivity index (χ4n) is 3.89. The minimum Gasteiger partial charge on any atom is -0.486 e. The first-order valence-corrected chi connectivity index (χ1v) is 9.49. The van der Waals surface area contributed by atoms with E-state index in [1.165, 1.54) is 4.90 Å². The molecular weight excluding hydrogens is 353 g/mol. The summed E-state index contributed by atoms with van der Waals surface area (Å²) < 4.78 is 26.3. The number of rotatable bonds is 2. The number of carbonyl (C=O) groups excluding carboxylic acids is 2. The standard InChI is InChI=1S/C19H24FN3O4/c20-19(17(24)22-7-1-2-8-22)6-3-9-23(13-19)18(25)21-14-4-5-15-16(12-14)27-11-10-26-15/h4-5,12H,1-3,6-11,13H2,(H,21,25). The molecule has 1 unspecified atom stereocenters. The van der Waals surface area contributed by atoms with E-state index in [9.17, 15) is 9.59 Å². The van der Waals surface area contributed by atoms with Gasteiger partial charge in [-0.15, -0.1) is 0 Å². The highest BCUT2D eigenvalue weighted by Gasteiger charge is 2.46.